The van der Waals surface area contributed by atoms with Gasteiger partial charge in [0.05, 0.1) is 29.2 Å². The molecule has 1 saturated heterocycles. The predicted molar refractivity (Wildman–Crippen MR) is 204 cm³/mol. The second kappa shape index (κ2) is 20.1. The number of hydrogen-bond acceptors (Lipinski definition) is 8. The van der Waals surface area contributed by atoms with Crippen LogP contribution in [0.5, 0.6) is 17.2 Å². The molecule has 2 fully saturated rings. The number of amides is 1. The van der Waals surface area contributed by atoms with Crippen LogP contribution in [0.2, 0.25) is 10.0 Å². The van der Waals surface area contributed by atoms with E-state index in [1.807, 2.05) is 37.3 Å². The largest absolute Gasteiger partial charge is 0.494 e. The van der Waals surface area contributed by atoms with E-state index in [1.165, 1.54) is 0 Å². The van der Waals surface area contributed by atoms with Crippen LogP contribution in [0.3, 0.4) is 0 Å². The first-order valence-corrected chi connectivity index (χ1v) is 19.2. The summed E-state index contributed by atoms with van der Waals surface area (Å²) >= 11 is 12.6. The van der Waals surface area contributed by atoms with Gasteiger partial charge in [-0.15, -0.1) is 0 Å². The molecule has 5 rings (SSSR count). The molecule has 1 aliphatic heterocycles. The number of benzene rings is 3. The van der Waals surface area contributed by atoms with Crippen molar-refractivity contribution in [3.8, 4) is 17.2 Å². The smallest absolute Gasteiger partial charge is 0.305 e. The predicted octanol–water partition coefficient (Wildman–Crippen LogP) is 7.95. The van der Waals surface area contributed by atoms with E-state index in [-0.39, 0.29) is 29.8 Å². The van der Waals surface area contributed by atoms with Gasteiger partial charge < -0.3 is 33.9 Å². The molecule has 3 aromatic carbocycles. The highest BCUT2D eigenvalue weighted by Gasteiger charge is 2.40. The number of carbonyl (C=O) groups is 2. The highest BCUT2D eigenvalue weighted by molar-refractivity contribution is 6.37. The number of aryl methyl sites for hydroxylation is 2. The van der Waals surface area contributed by atoms with Crippen LogP contribution in [0.1, 0.15) is 73.6 Å². The number of nitrogens with zero attached hydrogens (tertiary/aromatic N) is 1. The standard InChI is InChI=1S/C41H52Cl2N2O7/c1-4-49-39(46)8-6-18-50-34-24-29(7-5-17-48-3)23-30(25-34)27-45(32-11-12-32)41(47)36-26-44-16-15-35(36)31-9-13-33(14-10-31)51-19-20-52-40-37(42)21-28(2)22-38(40)43/h9-10,13-14,21-25,32,35-36,44H,4-8,11-12,15-20,26-27H2,1-3H3. The molecular weight excluding hydrogens is 703 g/mol. The number of halogens is 2. The van der Waals surface area contributed by atoms with Crippen molar-refractivity contribution in [1.29, 1.82) is 0 Å². The number of rotatable bonds is 20. The molecule has 0 aromatic heterocycles. The summed E-state index contributed by atoms with van der Waals surface area (Å²) in [4.78, 5) is 28.3. The minimum atomic E-state index is -0.213. The topological polar surface area (TPSA) is 95.6 Å². The van der Waals surface area contributed by atoms with E-state index in [4.69, 9.17) is 46.9 Å². The number of ether oxygens (including phenoxy) is 5. The summed E-state index contributed by atoms with van der Waals surface area (Å²) in [6, 6.07) is 18.3. The number of methoxy groups -OCH3 is 1. The van der Waals surface area contributed by atoms with Crippen LogP contribution in [-0.4, -0.2) is 76.1 Å². The molecule has 2 unspecified atom stereocenters. The minimum absolute atomic E-state index is 0.0943. The molecular formula is C41H52Cl2N2O7. The van der Waals surface area contributed by atoms with Gasteiger partial charge in [-0.3, -0.25) is 9.59 Å². The lowest BCUT2D eigenvalue weighted by Crippen LogP contribution is -2.47. The van der Waals surface area contributed by atoms with Gasteiger partial charge in [0.15, 0.2) is 5.75 Å². The van der Waals surface area contributed by atoms with Crippen molar-refractivity contribution < 1.29 is 33.3 Å². The maximum absolute atomic E-state index is 14.4. The number of hydrogen-bond donors (Lipinski definition) is 1. The molecule has 2 aliphatic rings. The molecule has 0 radical (unpaired) electrons. The van der Waals surface area contributed by atoms with Crippen LogP contribution < -0.4 is 19.5 Å². The van der Waals surface area contributed by atoms with E-state index in [1.54, 1.807) is 14.0 Å². The zero-order valence-electron chi connectivity index (χ0n) is 30.6. The highest BCUT2D eigenvalue weighted by Crippen LogP contribution is 2.37. The fourth-order valence-corrected chi connectivity index (χ4v) is 7.45. The van der Waals surface area contributed by atoms with Gasteiger partial charge in [-0.2, -0.15) is 0 Å². The highest BCUT2D eigenvalue weighted by atomic mass is 35.5. The van der Waals surface area contributed by atoms with Crippen LogP contribution in [0.25, 0.3) is 0 Å². The van der Waals surface area contributed by atoms with Gasteiger partial charge in [0.2, 0.25) is 5.91 Å². The lowest BCUT2D eigenvalue weighted by atomic mass is 9.80. The van der Waals surface area contributed by atoms with Gasteiger partial charge in [0, 0.05) is 39.3 Å². The van der Waals surface area contributed by atoms with Crippen LogP contribution in [0.4, 0.5) is 0 Å². The Hall–Kier alpha value is -3.50. The molecule has 1 amide bonds. The molecule has 9 nitrogen and oxygen atoms in total. The van der Waals surface area contributed by atoms with E-state index in [0.29, 0.717) is 74.8 Å². The van der Waals surface area contributed by atoms with Crippen molar-refractivity contribution in [2.45, 2.75) is 77.3 Å². The Morgan fingerprint density at radius 2 is 1.56 bits per heavy atom. The maximum Gasteiger partial charge on any atom is 0.305 e. The summed E-state index contributed by atoms with van der Waals surface area (Å²) in [6.07, 6.45) is 5.52. The van der Waals surface area contributed by atoms with E-state index in [0.717, 1.165) is 72.4 Å². The molecule has 11 heteroatoms. The van der Waals surface area contributed by atoms with Crippen LogP contribution in [0, 0.1) is 12.8 Å². The molecule has 1 aliphatic carbocycles. The third kappa shape index (κ3) is 11.8. The van der Waals surface area contributed by atoms with Crippen molar-refractivity contribution in [3.05, 3.63) is 86.9 Å². The van der Waals surface area contributed by atoms with Crippen molar-refractivity contribution in [1.82, 2.24) is 10.2 Å². The van der Waals surface area contributed by atoms with Gasteiger partial charge in [-0.05, 0) is 123 Å². The molecule has 1 heterocycles. The first kappa shape index (κ1) is 39.7. The van der Waals surface area contributed by atoms with Gasteiger partial charge in [-0.1, -0.05) is 41.4 Å². The quantitative estimate of drug-likeness (QED) is 0.0918. The fourth-order valence-electron chi connectivity index (χ4n) is 6.75. The molecule has 3 aromatic rings. The number of nitrogens with one attached hydrogen (secondary N) is 1. The number of carbonyl (C=O) groups excluding carboxylic acids is 2. The summed E-state index contributed by atoms with van der Waals surface area (Å²) in [5.41, 5.74) is 4.30. The van der Waals surface area contributed by atoms with Crippen molar-refractivity contribution in [2.24, 2.45) is 5.92 Å². The first-order valence-electron chi connectivity index (χ1n) is 18.5. The minimum Gasteiger partial charge on any atom is -0.494 e. The molecule has 282 valence electrons. The first-order chi connectivity index (χ1) is 25.2. The Labute approximate surface area is 318 Å². The summed E-state index contributed by atoms with van der Waals surface area (Å²) in [6.45, 7) is 7.84. The summed E-state index contributed by atoms with van der Waals surface area (Å²) < 4.78 is 28.2. The van der Waals surface area contributed by atoms with E-state index >= 15 is 0 Å². The maximum atomic E-state index is 14.4. The number of piperidine rings is 1. The van der Waals surface area contributed by atoms with E-state index < -0.39 is 0 Å². The molecule has 1 saturated carbocycles. The summed E-state index contributed by atoms with van der Waals surface area (Å²) in [5.74, 6) is 1.84. The Bertz CT molecular complexity index is 1590. The summed E-state index contributed by atoms with van der Waals surface area (Å²) in [5, 5.41) is 4.44. The second-order valence-corrected chi connectivity index (χ2v) is 14.4. The number of esters is 1. The van der Waals surface area contributed by atoms with E-state index in [9.17, 15) is 9.59 Å². The van der Waals surface area contributed by atoms with Crippen molar-refractivity contribution in [2.75, 3.05) is 53.2 Å². The monoisotopic (exact) mass is 754 g/mol. The Morgan fingerprint density at radius 3 is 2.27 bits per heavy atom. The van der Waals surface area contributed by atoms with E-state index in [2.05, 4.69) is 34.5 Å². The third-order valence-corrected chi connectivity index (χ3v) is 9.97. The lowest BCUT2D eigenvalue weighted by Gasteiger charge is -2.36. The van der Waals surface area contributed by atoms with Crippen LogP contribution in [-0.2, 0) is 32.0 Å². The lowest BCUT2D eigenvalue weighted by molar-refractivity contribution is -0.143. The second-order valence-electron chi connectivity index (χ2n) is 13.6. The third-order valence-electron chi connectivity index (χ3n) is 9.41. The van der Waals surface area contributed by atoms with Crippen molar-refractivity contribution >= 4 is 35.1 Å². The summed E-state index contributed by atoms with van der Waals surface area (Å²) in [7, 11) is 1.71. The van der Waals surface area contributed by atoms with Gasteiger partial charge in [0.1, 0.15) is 24.7 Å². The molecule has 0 bridgehead atoms. The zero-order chi connectivity index (χ0) is 36.9. The van der Waals surface area contributed by atoms with Gasteiger partial charge in [0.25, 0.3) is 0 Å². The SMILES string of the molecule is CCOC(=O)CCCOc1cc(CCCOC)cc(CN(C(=O)C2CNCCC2c2ccc(OCCOc3c(Cl)cc(C)cc3Cl)cc2)C2CC2)c1. The van der Waals surface area contributed by atoms with Crippen LogP contribution in [0.15, 0.2) is 54.6 Å². The Balaban J connectivity index is 1.22. The van der Waals surface area contributed by atoms with Crippen molar-refractivity contribution in [3.63, 3.8) is 0 Å². The molecule has 1 N–H and O–H groups in total. The average Bonchev–Trinajstić information content (AvgIpc) is 3.98. The Morgan fingerprint density at radius 1 is 0.846 bits per heavy atom. The fraction of sp³-hybridized carbons (Fsp3) is 0.512. The van der Waals surface area contributed by atoms with Gasteiger partial charge in [-0.25, -0.2) is 0 Å². The molecule has 2 atom stereocenters. The molecule has 0 spiro atoms. The Kier molecular flexibility index (Phi) is 15.3. The van der Waals surface area contributed by atoms with Crippen LogP contribution >= 0.6 is 23.2 Å². The molecule has 52 heavy (non-hydrogen) atoms. The average molecular weight is 756 g/mol. The normalized spacial score (nSPS) is 17.0. The zero-order valence-corrected chi connectivity index (χ0v) is 32.1. The van der Waals surface area contributed by atoms with Gasteiger partial charge >= 0.3 is 5.97 Å².